The molecular weight excluding hydrogens is 164 g/mol. The monoisotopic (exact) mass is 176 g/mol. The van der Waals surface area contributed by atoms with Crippen LogP contribution in [0, 0.1) is 0 Å². The third-order valence-corrected chi connectivity index (χ3v) is 1.84. The van der Waals surface area contributed by atoms with Crippen molar-refractivity contribution < 1.29 is 25.2 Å². The van der Waals surface area contributed by atoms with E-state index in [9.17, 15) is 10.2 Å². The zero-order valence-corrected chi connectivity index (χ0v) is 6.42. The largest absolute Gasteiger partial charge is 0.493 e. The van der Waals surface area contributed by atoms with E-state index in [1.165, 1.54) is 0 Å². The highest BCUT2D eigenvalue weighted by atomic mass is 16.5. The molecule has 0 aliphatic carbocycles. The van der Waals surface area contributed by atoms with Gasteiger partial charge in [-0.25, -0.2) is 0 Å². The van der Waals surface area contributed by atoms with Gasteiger partial charge in [-0.05, 0) is 0 Å². The standard InChI is InChI=1S/C7H12O5/c8-1-4-3-12-5(2-9)7(11)6(4)10/h3,5-11H,1-2H2/t5-,6-,7+/m1/s1. The molecule has 0 amide bonds. The minimum absolute atomic E-state index is 0.215. The minimum Gasteiger partial charge on any atom is -0.493 e. The molecule has 0 aromatic heterocycles. The van der Waals surface area contributed by atoms with Crippen molar-refractivity contribution in [2.45, 2.75) is 18.3 Å². The molecule has 0 aromatic carbocycles. The van der Waals surface area contributed by atoms with E-state index in [4.69, 9.17) is 14.9 Å². The average Bonchev–Trinajstić information content (AvgIpc) is 2.10. The Morgan fingerprint density at radius 1 is 1.33 bits per heavy atom. The highest BCUT2D eigenvalue weighted by molar-refractivity contribution is 5.12. The summed E-state index contributed by atoms with van der Waals surface area (Å²) >= 11 is 0. The van der Waals surface area contributed by atoms with Gasteiger partial charge in [0.05, 0.1) is 19.5 Å². The molecule has 4 N–H and O–H groups in total. The van der Waals surface area contributed by atoms with Crippen LogP contribution in [0.4, 0.5) is 0 Å². The summed E-state index contributed by atoms with van der Waals surface area (Å²) in [6, 6.07) is 0. The number of hydrogen-bond donors (Lipinski definition) is 4. The maximum absolute atomic E-state index is 9.27. The van der Waals surface area contributed by atoms with Crippen molar-refractivity contribution >= 4 is 0 Å². The molecule has 0 saturated carbocycles. The first kappa shape index (κ1) is 9.47. The Hall–Kier alpha value is -0.620. The van der Waals surface area contributed by atoms with Crippen LogP contribution in [0.2, 0.25) is 0 Å². The normalized spacial score (nSPS) is 35.7. The molecule has 0 fully saturated rings. The summed E-state index contributed by atoms with van der Waals surface area (Å²) in [6.45, 7) is -0.732. The summed E-state index contributed by atoms with van der Waals surface area (Å²) in [5.74, 6) is 0. The highest BCUT2D eigenvalue weighted by Crippen LogP contribution is 2.18. The predicted molar refractivity (Wildman–Crippen MR) is 39.1 cm³/mol. The molecule has 0 aromatic rings. The first-order valence-electron chi connectivity index (χ1n) is 3.63. The van der Waals surface area contributed by atoms with Crippen molar-refractivity contribution in [3.8, 4) is 0 Å². The first-order chi connectivity index (χ1) is 5.70. The van der Waals surface area contributed by atoms with Crippen LogP contribution in [0.3, 0.4) is 0 Å². The van der Waals surface area contributed by atoms with Crippen molar-refractivity contribution in [1.29, 1.82) is 0 Å². The predicted octanol–water partition coefficient (Wildman–Crippen LogP) is -2.02. The highest BCUT2D eigenvalue weighted by Gasteiger charge is 2.32. The number of hydrogen-bond acceptors (Lipinski definition) is 5. The van der Waals surface area contributed by atoms with E-state index < -0.39 is 18.3 Å². The van der Waals surface area contributed by atoms with Gasteiger partial charge in [0, 0.05) is 5.57 Å². The third kappa shape index (κ3) is 1.59. The fourth-order valence-electron chi connectivity index (χ4n) is 1.03. The topological polar surface area (TPSA) is 90.2 Å². The van der Waals surface area contributed by atoms with E-state index in [0.717, 1.165) is 6.26 Å². The van der Waals surface area contributed by atoms with Gasteiger partial charge >= 0.3 is 0 Å². The molecule has 1 aliphatic rings. The van der Waals surface area contributed by atoms with Gasteiger partial charge in [-0.1, -0.05) is 0 Å². The lowest BCUT2D eigenvalue weighted by Crippen LogP contribution is -2.45. The molecule has 0 spiro atoms. The van der Waals surface area contributed by atoms with Crippen LogP contribution in [-0.2, 0) is 4.74 Å². The van der Waals surface area contributed by atoms with E-state index in [0.29, 0.717) is 0 Å². The second-order valence-corrected chi connectivity index (χ2v) is 2.64. The number of ether oxygens (including phenoxy) is 1. The van der Waals surface area contributed by atoms with Crippen LogP contribution in [0.25, 0.3) is 0 Å². The van der Waals surface area contributed by atoms with Crippen LogP contribution in [0.1, 0.15) is 0 Å². The molecule has 0 bridgehead atoms. The Morgan fingerprint density at radius 3 is 2.50 bits per heavy atom. The summed E-state index contributed by atoms with van der Waals surface area (Å²) in [5, 5.41) is 35.8. The van der Waals surface area contributed by atoms with Gasteiger partial charge in [0.1, 0.15) is 18.3 Å². The molecule has 5 nitrogen and oxygen atoms in total. The number of aliphatic hydroxyl groups is 4. The minimum atomic E-state index is -1.18. The maximum Gasteiger partial charge on any atom is 0.149 e. The van der Waals surface area contributed by atoms with Crippen LogP contribution in [0.15, 0.2) is 11.8 Å². The fourth-order valence-corrected chi connectivity index (χ4v) is 1.03. The molecule has 0 saturated heterocycles. The van der Waals surface area contributed by atoms with Gasteiger partial charge in [-0.3, -0.25) is 0 Å². The molecule has 1 rings (SSSR count). The zero-order valence-electron chi connectivity index (χ0n) is 6.42. The van der Waals surface area contributed by atoms with Crippen LogP contribution in [-0.4, -0.2) is 52.0 Å². The van der Waals surface area contributed by atoms with Gasteiger partial charge in [0.15, 0.2) is 0 Å². The first-order valence-corrected chi connectivity index (χ1v) is 3.63. The number of aliphatic hydroxyl groups excluding tert-OH is 4. The van der Waals surface area contributed by atoms with Crippen LogP contribution in [0.5, 0.6) is 0 Å². The molecule has 0 radical (unpaired) electrons. The quantitative estimate of drug-likeness (QED) is 0.390. The molecule has 3 atom stereocenters. The maximum atomic E-state index is 9.27. The Kier molecular flexibility index (Phi) is 3.05. The van der Waals surface area contributed by atoms with E-state index in [1.54, 1.807) is 0 Å². The zero-order chi connectivity index (χ0) is 9.14. The summed E-state index contributed by atoms with van der Waals surface area (Å²) in [7, 11) is 0. The second kappa shape index (κ2) is 3.86. The van der Waals surface area contributed by atoms with E-state index in [1.807, 2.05) is 0 Å². The summed E-state index contributed by atoms with van der Waals surface area (Å²) in [6.07, 6.45) is -1.98. The molecule has 5 heteroatoms. The van der Waals surface area contributed by atoms with Crippen molar-refractivity contribution in [2.24, 2.45) is 0 Å². The SMILES string of the molecule is OCC1=CO[C@H](CO)[C@H](O)[C@@H]1O. The van der Waals surface area contributed by atoms with Gasteiger partial charge in [0.2, 0.25) is 0 Å². The lowest BCUT2D eigenvalue weighted by molar-refractivity contribution is -0.0893. The molecular formula is C7H12O5. The third-order valence-electron chi connectivity index (χ3n) is 1.84. The van der Waals surface area contributed by atoms with Crippen molar-refractivity contribution in [3.05, 3.63) is 11.8 Å². The Labute approximate surface area is 69.5 Å². The van der Waals surface area contributed by atoms with Crippen LogP contribution < -0.4 is 0 Å². The Morgan fingerprint density at radius 2 is 2.00 bits per heavy atom. The van der Waals surface area contributed by atoms with Crippen molar-refractivity contribution in [1.82, 2.24) is 0 Å². The van der Waals surface area contributed by atoms with Gasteiger partial charge in [-0.2, -0.15) is 0 Å². The Bertz CT molecular complexity index is 179. The van der Waals surface area contributed by atoms with Crippen molar-refractivity contribution in [2.75, 3.05) is 13.2 Å². The summed E-state index contributed by atoms with van der Waals surface area (Å²) < 4.78 is 4.83. The molecule has 70 valence electrons. The molecule has 1 aliphatic heterocycles. The summed E-state index contributed by atoms with van der Waals surface area (Å²) in [5.41, 5.74) is 0.215. The van der Waals surface area contributed by atoms with Gasteiger partial charge < -0.3 is 25.2 Å². The lowest BCUT2D eigenvalue weighted by Gasteiger charge is -2.30. The van der Waals surface area contributed by atoms with Gasteiger partial charge in [0.25, 0.3) is 0 Å². The second-order valence-electron chi connectivity index (χ2n) is 2.64. The summed E-state index contributed by atoms with van der Waals surface area (Å²) in [4.78, 5) is 0. The van der Waals surface area contributed by atoms with E-state index in [-0.39, 0.29) is 18.8 Å². The number of rotatable bonds is 2. The Balaban J connectivity index is 2.69. The van der Waals surface area contributed by atoms with Gasteiger partial charge in [-0.15, -0.1) is 0 Å². The molecule has 12 heavy (non-hydrogen) atoms. The van der Waals surface area contributed by atoms with Crippen molar-refractivity contribution in [3.63, 3.8) is 0 Å². The van der Waals surface area contributed by atoms with Crippen LogP contribution >= 0.6 is 0 Å². The average molecular weight is 176 g/mol. The smallest absolute Gasteiger partial charge is 0.149 e. The van der Waals surface area contributed by atoms with E-state index >= 15 is 0 Å². The fraction of sp³-hybridized carbons (Fsp3) is 0.714. The lowest BCUT2D eigenvalue weighted by atomic mass is 10.00. The molecule has 0 unspecified atom stereocenters. The molecule has 1 heterocycles. The van der Waals surface area contributed by atoms with E-state index in [2.05, 4.69) is 0 Å².